The summed E-state index contributed by atoms with van der Waals surface area (Å²) in [5, 5.41) is 20.9. The first-order valence-electron chi connectivity index (χ1n) is 6.71. The Bertz CT molecular complexity index is 722. The zero-order valence-corrected chi connectivity index (χ0v) is 14.1. The number of aromatic nitrogens is 2. The fourth-order valence-electron chi connectivity index (χ4n) is 1.77. The van der Waals surface area contributed by atoms with Crippen molar-refractivity contribution in [3.63, 3.8) is 0 Å². The van der Waals surface area contributed by atoms with Gasteiger partial charge in [-0.3, -0.25) is 10.1 Å². The molecule has 0 saturated heterocycles. The van der Waals surface area contributed by atoms with Crippen LogP contribution in [0.4, 0.5) is 9.93 Å². The Morgan fingerprint density at radius 3 is 2.83 bits per heavy atom. The van der Waals surface area contributed by atoms with E-state index in [1.807, 2.05) is 6.07 Å². The summed E-state index contributed by atoms with van der Waals surface area (Å²) in [4.78, 5) is 24.1. The first-order chi connectivity index (χ1) is 10.9. The molecule has 2 aromatic rings. The second kappa shape index (κ2) is 7.38. The van der Waals surface area contributed by atoms with Crippen LogP contribution in [0.2, 0.25) is 5.02 Å². The van der Waals surface area contributed by atoms with Crippen molar-refractivity contribution in [2.24, 2.45) is 5.92 Å². The van der Waals surface area contributed by atoms with Gasteiger partial charge in [0, 0.05) is 24.2 Å². The van der Waals surface area contributed by atoms with Crippen molar-refractivity contribution >= 4 is 40.1 Å². The van der Waals surface area contributed by atoms with Crippen molar-refractivity contribution in [2.45, 2.75) is 6.92 Å². The molecule has 1 aromatic carbocycles. The van der Waals surface area contributed by atoms with Gasteiger partial charge in [0.2, 0.25) is 5.13 Å². The molecule has 1 unspecified atom stereocenters. The van der Waals surface area contributed by atoms with E-state index in [-0.39, 0.29) is 6.54 Å². The minimum absolute atomic E-state index is 0.0983. The van der Waals surface area contributed by atoms with Crippen LogP contribution in [0.1, 0.15) is 6.92 Å². The number of urea groups is 1. The van der Waals surface area contributed by atoms with Gasteiger partial charge in [-0.25, -0.2) is 4.79 Å². The number of hydrogen-bond acceptors (Lipinski definition) is 5. The Morgan fingerprint density at radius 1 is 1.43 bits per heavy atom. The summed E-state index contributed by atoms with van der Waals surface area (Å²) < 4.78 is 0. The SMILES string of the molecule is CC(CN(C)C(=O)Nc1nnc(-c2cccc(Cl)c2)s1)C(=O)O. The monoisotopic (exact) mass is 354 g/mol. The number of rotatable bonds is 5. The number of anilines is 1. The Hall–Kier alpha value is -2.19. The van der Waals surface area contributed by atoms with Crippen molar-refractivity contribution < 1.29 is 14.7 Å². The summed E-state index contributed by atoms with van der Waals surface area (Å²) in [7, 11) is 1.52. The predicted molar refractivity (Wildman–Crippen MR) is 88.8 cm³/mol. The molecular weight excluding hydrogens is 340 g/mol. The van der Waals surface area contributed by atoms with Crippen LogP contribution < -0.4 is 5.32 Å². The van der Waals surface area contributed by atoms with Crippen molar-refractivity contribution in [2.75, 3.05) is 18.9 Å². The minimum Gasteiger partial charge on any atom is -0.481 e. The van der Waals surface area contributed by atoms with E-state index in [0.29, 0.717) is 15.2 Å². The summed E-state index contributed by atoms with van der Waals surface area (Å²) in [5.41, 5.74) is 0.809. The van der Waals surface area contributed by atoms with Gasteiger partial charge in [-0.1, -0.05) is 42.0 Å². The van der Waals surface area contributed by atoms with Crippen LogP contribution in [-0.2, 0) is 4.79 Å². The molecule has 1 heterocycles. The number of benzene rings is 1. The molecule has 0 bridgehead atoms. The number of nitrogens with zero attached hydrogens (tertiary/aromatic N) is 3. The Kier molecular flexibility index (Phi) is 5.51. The topological polar surface area (TPSA) is 95.4 Å². The van der Waals surface area contributed by atoms with E-state index in [4.69, 9.17) is 16.7 Å². The van der Waals surface area contributed by atoms with E-state index >= 15 is 0 Å². The highest BCUT2D eigenvalue weighted by molar-refractivity contribution is 7.18. The molecule has 7 nitrogen and oxygen atoms in total. The maximum absolute atomic E-state index is 12.0. The third-order valence-electron chi connectivity index (χ3n) is 3.03. The molecular formula is C14H15ClN4O3S. The van der Waals surface area contributed by atoms with Gasteiger partial charge in [0.1, 0.15) is 5.01 Å². The van der Waals surface area contributed by atoms with Crippen molar-refractivity contribution in [3.05, 3.63) is 29.3 Å². The molecule has 0 spiro atoms. The molecule has 0 aliphatic carbocycles. The van der Waals surface area contributed by atoms with Gasteiger partial charge in [0.25, 0.3) is 0 Å². The lowest BCUT2D eigenvalue weighted by Gasteiger charge is -2.18. The van der Waals surface area contributed by atoms with E-state index in [1.165, 1.54) is 30.2 Å². The molecule has 2 amide bonds. The lowest BCUT2D eigenvalue weighted by molar-refractivity contribution is -0.141. The maximum atomic E-state index is 12.0. The molecule has 23 heavy (non-hydrogen) atoms. The number of carbonyl (C=O) groups excluding carboxylic acids is 1. The maximum Gasteiger partial charge on any atom is 0.323 e. The van der Waals surface area contributed by atoms with Gasteiger partial charge in [0.15, 0.2) is 0 Å². The van der Waals surface area contributed by atoms with E-state index in [1.54, 1.807) is 18.2 Å². The van der Waals surface area contributed by atoms with E-state index in [2.05, 4.69) is 15.5 Å². The summed E-state index contributed by atoms with van der Waals surface area (Å²) in [6.45, 7) is 1.63. The summed E-state index contributed by atoms with van der Waals surface area (Å²) in [5.74, 6) is -1.61. The molecule has 2 rings (SSSR count). The predicted octanol–water partition coefficient (Wildman–Crippen LogP) is 3.04. The lowest BCUT2D eigenvalue weighted by atomic mass is 10.2. The van der Waals surface area contributed by atoms with Gasteiger partial charge < -0.3 is 10.0 Å². The minimum atomic E-state index is -0.955. The van der Waals surface area contributed by atoms with E-state index < -0.39 is 17.9 Å². The highest BCUT2D eigenvalue weighted by Crippen LogP contribution is 2.28. The van der Waals surface area contributed by atoms with Crippen LogP contribution in [0.15, 0.2) is 24.3 Å². The molecule has 9 heteroatoms. The number of amides is 2. The van der Waals surface area contributed by atoms with Gasteiger partial charge in [-0.15, -0.1) is 10.2 Å². The van der Waals surface area contributed by atoms with E-state index in [0.717, 1.165) is 5.56 Å². The number of carbonyl (C=O) groups is 2. The first kappa shape index (κ1) is 17.2. The molecule has 1 aromatic heterocycles. The number of carboxylic acid groups (broad SMARTS) is 1. The average Bonchev–Trinajstić information content (AvgIpc) is 2.95. The lowest BCUT2D eigenvalue weighted by Crippen LogP contribution is -2.36. The summed E-state index contributed by atoms with van der Waals surface area (Å²) in [6.07, 6.45) is 0. The molecule has 0 saturated carbocycles. The Morgan fingerprint density at radius 2 is 2.17 bits per heavy atom. The van der Waals surface area contributed by atoms with Gasteiger partial charge in [0.05, 0.1) is 5.92 Å². The Labute approximate surface area is 141 Å². The normalized spacial score (nSPS) is 11.8. The largest absolute Gasteiger partial charge is 0.481 e. The second-order valence-corrected chi connectivity index (χ2v) is 6.39. The number of hydrogen-bond donors (Lipinski definition) is 2. The van der Waals surface area contributed by atoms with Crippen LogP contribution in [-0.4, -0.2) is 45.8 Å². The smallest absolute Gasteiger partial charge is 0.323 e. The Balaban J connectivity index is 2.01. The highest BCUT2D eigenvalue weighted by atomic mass is 35.5. The molecule has 0 radical (unpaired) electrons. The molecule has 0 aliphatic rings. The van der Waals surface area contributed by atoms with Gasteiger partial charge in [-0.05, 0) is 12.1 Å². The number of halogens is 1. The van der Waals surface area contributed by atoms with Crippen LogP contribution in [0.5, 0.6) is 0 Å². The molecule has 122 valence electrons. The molecule has 0 fully saturated rings. The third kappa shape index (κ3) is 4.64. The van der Waals surface area contributed by atoms with Crippen LogP contribution in [0, 0.1) is 5.92 Å². The number of carboxylic acids is 1. The number of nitrogens with one attached hydrogen (secondary N) is 1. The first-order valence-corrected chi connectivity index (χ1v) is 7.90. The average molecular weight is 355 g/mol. The van der Waals surface area contributed by atoms with E-state index in [9.17, 15) is 9.59 Å². The van der Waals surface area contributed by atoms with Crippen LogP contribution >= 0.6 is 22.9 Å². The zero-order valence-electron chi connectivity index (χ0n) is 12.5. The van der Waals surface area contributed by atoms with Crippen molar-refractivity contribution in [1.82, 2.24) is 15.1 Å². The van der Waals surface area contributed by atoms with Crippen LogP contribution in [0.25, 0.3) is 10.6 Å². The fraction of sp³-hybridized carbons (Fsp3) is 0.286. The number of aliphatic carboxylic acids is 1. The summed E-state index contributed by atoms with van der Waals surface area (Å²) >= 11 is 7.14. The highest BCUT2D eigenvalue weighted by Gasteiger charge is 2.18. The van der Waals surface area contributed by atoms with Gasteiger partial charge in [-0.2, -0.15) is 0 Å². The quantitative estimate of drug-likeness (QED) is 0.860. The molecule has 1 atom stereocenters. The van der Waals surface area contributed by atoms with Gasteiger partial charge >= 0.3 is 12.0 Å². The zero-order chi connectivity index (χ0) is 17.0. The van der Waals surface area contributed by atoms with Crippen molar-refractivity contribution in [3.8, 4) is 10.6 Å². The molecule has 0 aliphatic heterocycles. The standard InChI is InChI=1S/C14H15ClN4O3S/c1-8(12(20)21)7-19(2)14(22)16-13-18-17-11(23-13)9-4-3-5-10(15)6-9/h3-6,8H,7H2,1-2H3,(H,20,21)(H,16,18,22). The van der Waals surface area contributed by atoms with Crippen molar-refractivity contribution in [1.29, 1.82) is 0 Å². The third-order valence-corrected chi connectivity index (χ3v) is 4.15. The second-order valence-electron chi connectivity index (χ2n) is 4.97. The van der Waals surface area contributed by atoms with Crippen LogP contribution in [0.3, 0.4) is 0 Å². The molecule has 2 N–H and O–H groups in total. The summed E-state index contributed by atoms with van der Waals surface area (Å²) in [6, 6.07) is 6.73. The fourth-order valence-corrected chi connectivity index (χ4v) is 2.69.